The van der Waals surface area contributed by atoms with E-state index in [2.05, 4.69) is 10.2 Å². The number of nitrogens with zero attached hydrogens (tertiary/aromatic N) is 2. The highest BCUT2D eigenvalue weighted by Gasteiger charge is 2.46. The van der Waals surface area contributed by atoms with Crippen LogP contribution >= 0.6 is 0 Å². The summed E-state index contributed by atoms with van der Waals surface area (Å²) in [6.45, 7) is -0.501. The van der Waals surface area contributed by atoms with Gasteiger partial charge in [0, 0.05) is 6.20 Å². The first-order valence-electron chi connectivity index (χ1n) is 6.30. The van der Waals surface area contributed by atoms with Gasteiger partial charge in [-0.2, -0.15) is 4.91 Å². The molecule has 2 heterocycles. The van der Waals surface area contributed by atoms with E-state index in [9.17, 15) is 15.1 Å². The van der Waals surface area contributed by atoms with Crippen molar-refractivity contribution in [1.29, 1.82) is 0 Å². The van der Waals surface area contributed by atoms with Crippen LogP contribution in [0.15, 0.2) is 23.5 Å². The third-order valence-electron chi connectivity index (χ3n) is 3.23. The Bertz CT molecular complexity index is 488. The Hall–Kier alpha value is -1.81. The number of nitroso groups, excluding NO2 is 1. The zero-order chi connectivity index (χ0) is 15.4. The number of pyridine rings is 1. The average Bonchev–Trinajstić information content (AvgIpc) is 2.51. The van der Waals surface area contributed by atoms with Crippen molar-refractivity contribution in [3.63, 3.8) is 0 Å². The lowest BCUT2D eigenvalue weighted by Gasteiger charge is -2.39. The van der Waals surface area contributed by atoms with Gasteiger partial charge >= 0.3 is 0 Å². The topological polar surface area (TPSA) is 136 Å². The van der Waals surface area contributed by atoms with Crippen molar-refractivity contribution in [2.75, 3.05) is 13.7 Å². The number of ether oxygens (including phenoxy) is 3. The van der Waals surface area contributed by atoms with E-state index < -0.39 is 37.2 Å². The Morgan fingerprint density at radius 3 is 2.95 bits per heavy atom. The number of methoxy groups -OCH3 is 1. The second-order valence-corrected chi connectivity index (χ2v) is 4.52. The molecule has 21 heavy (non-hydrogen) atoms. The van der Waals surface area contributed by atoms with Crippen LogP contribution in [0.5, 0.6) is 11.6 Å². The zero-order valence-corrected chi connectivity index (χ0v) is 11.3. The second kappa shape index (κ2) is 6.76. The van der Waals surface area contributed by atoms with Gasteiger partial charge in [0.05, 0.1) is 19.8 Å². The SMILES string of the molecule is COc1cccnc1OC1OC(CO)C(O)C(N=O)C1N. The predicted octanol–water partition coefficient (Wildman–Crippen LogP) is -0.991. The number of hydrogen-bond donors (Lipinski definition) is 3. The summed E-state index contributed by atoms with van der Waals surface area (Å²) in [4.78, 5) is 14.8. The van der Waals surface area contributed by atoms with Crippen LogP contribution in [0, 0.1) is 4.91 Å². The number of hydrogen-bond acceptors (Lipinski definition) is 9. The number of nitrogens with two attached hydrogens (primary N) is 1. The molecule has 4 N–H and O–H groups in total. The van der Waals surface area contributed by atoms with Gasteiger partial charge in [0.1, 0.15) is 18.2 Å². The van der Waals surface area contributed by atoms with Gasteiger partial charge in [-0.15, -0.1) is 0 Å². The molecule has 1 saturated heterocycles. The van der Waals surface area contributed by atoms with Crippen LogP contribution in [0.2, 0.25) is 0 Å². The maximum atomic E-state index is 10.8. The van der Waals surface area contributed by atoms with Crippen LogP contribution in [0.1, 0.15) is 0 Å². The fraction of sp³-hybridized carbons (Fsp3) is 0.583. The first-order chi connectivity index (χ1) is 10.1. The monoisotopic (exact) mass is 299 g/mol. The molecule has 0 spiro atoms. The van der Waals surface area contributed by atoms with Crippen molar-refractivity contribution in [3.05, 3.63) is 23.2 Å². The molecule has 116 valence electrons. The van der Waals surface area contributed by atoms with Crippen molar-refractivity contribution < 1.29 is 24.4 Å². The van der Waals surface area contributed by atoms with Crippen LogP contribution in [0.25, 0.3) is 0 Å². The molecule has 0 bridgehead atoms. The van der Waals surface area contributed by atoms with Crippen molar-refractivity contribution >= 4 is 0 Å². The first-order valence-corrected chi connectivity index (χ1v) is 6.30. The quantitative estimate of drug-likeness (QED) is 0.589. The summed E-state index contributed by atoms with van der Waals surface area (Å²) in [6.07, 6.45) is -1.93. The highest BCUT2D eigenvalue weighted by molar-refractivity contribution is 5.32. The number of aliphatic hydroxyl groups excluding tert-OH is 2. The third-order valence-corrected chi connectivity index (χ3v) is 3.23. The molecule has 0 aromatic carbocycles. The van der Waals surface area contributed by atoms with E-state index in [1.165, 1.54) is 13.3 Å². The molecule has 0 amide bonds. The molecule has 1 aliphatic rings. The van der Waals surface area contributed by atoms with E-state index in [1.54, 1.807) is 12.1 Å². The Kier molecular flexibility index (Phi) is 5.02. The average molecular weight is 299 g/mol. The molecule has 0 radical (unpaired) electrons. The second-order valence-electron chi connectivity index (χ2n) is 4.52. The van der Waals surface area contributed by atoms with Gasteiger partial charge in [-0.1, -0.05) is 5.18 Å². The fourth-order valence-electron chi connectivity index (χ4n) is 2.07. The predicted molar refractivity (Wildman–Crippen MR) is 70.7 cm³/mol. The molecule has 0 aliphatic carbocycles. The molecule has 5 atom stereocenters. The summed E-state index contributed by atoms with van der Waals surface area (Å²) in [5, 5.41) is 21.8. The van der Waals surface area contributed by atoms with Crippen molar-refractivity contribution in [2.24, 2.45) is 10.9 Å². The Morgan fingerprint density at radius 1 is 1.57 bits per heavy atom. The summed E-state index contributed by atoms with van der Waals surface area (Å²) in [5.74, 6) is 0.480. The Morgan fingerprint density at radius 2 is 2.33 bits per heavy atom. The van der Waals surface area contributed by atoms with E-state index in [1.807, 2.05) is 0 Å². The highest BCUT2D eigenvalue weighted by Crippen LogP contribution is 2.28. The lowest BCUT2D eigenvalue weighted by atomic mass is 9.96. The van der Waals surface area contributed by atoms with Gasteiger partial charge in [-0.05, 0) is 12.1 Å². The summed E-state index contributed by atoms with van der Waals surface area (Å²) in [6, 6.07) is 1.12. The normalized spacial score (nSPS) is 32.5. The molecule has 9 heteroatoms. The molecular formula is C12H17N3O6. The third kappa shape index (κ3) is 3.10. The summed E-state index contributed by atoms with van der Waals surface area (Å²) in [7, 11) is 1.45. The van der Waals surface area contributed by atoms with Gasteiger partial charge in [0.2, 0.25) is 6.29 Å². The van der Waals surface area contributed by atoms with E-state index in [-0.39, 0.29) is 5.88 Å². The minimum absolute atomic E-state index is 0.123. The lowest BCUT2D eigenvalue weighted by molar-refractivity contribution is -0.211. The maximum absolute atomic E-state index is 10.8. The van der Waals surface area contributed by atoms with E-state index in [0.29, 0.717) is 5.75 Å². The number of aromatic nitrogens is 1. The smallest absolute Gasteiger partial charge is 0.259 e. The Balaban J connectivity index is 2.20. The van der Waals surface area contributed by atoms with Crippen LogP contribution in [0.4, 0.5) is 0 Å². The van der Waals surface area contributed by atoms with E-state index in [0.717, 1.165) is 0 Å². The van der Waals surface area contributed by atoms with Gasteiger partial charge in [0.25, 0.3) is 5.88 Å². The van der Waals surface area contributed by atoms with Crippen LogP contribution < -0.4 is 15.2 Å². The maximum Gasteiger partial charge on any atom is 0.259 e. The summed E-state index contributed by atoms with van der Waals surface area (Å²) in [5.41, 5.74) is 5.83. The van der Waals surface area contributed by atoms with Crippen molar-refractivity contribution in [3.8, 4) is 11.6 Å². The molecule has 1 fully saturated rings. The van der Waals surface area contributed by atoms with Gasteiger partial charge < -0.3 is 30.2 Å². The van der Waals surface area contributed by atoms with Gasteiger partial charge in [-0.3, -0.25) is 0 Å². The van der Waals surface area contributed by atoms with Crippen LogP contribution in [-0.4, -0.2) is 59.5 Å². The lowest BCUT2D eigenvalue weighted by Crippen LogP contribution is -2.62. The molecule has 5 unspecified atom stereocenters. The van der Waals surface area contributed by atoms with Crippen LogP contribution in [-0.2, 0) is 4.74 Å². The summed E-state index contributed by atoms with van der Waals surface area (Å²) >= 11 is 0. The highest BCUT2D eigenvalue weighted by atomic mass is 16.7. The number of rotatable bonds is 5. The van der Waals surface area contributed by atoms with Crippen LogP contribution in [0.3, 0.4) is 0 Å². The van der Waals surface area contributed by atoms with Gasteiger partial charge in [0.15, 0.2) is 5.75 Å². The van der Waals surface area contributed by atoms with E-state index in [4.69, 9.17) is 19.9 Å². The summed E-state index contributed by atoms with van der Waals surface area (Å²) < 4.78 is 15.9. The molecule has 9 nitrogen and oxygen atoms in total. The fourth-order valence-corrected chi connectivity index (χ4v) is 2.07. The largest absolute Gasteiger partial charge is 0.491 e. The number of aliphatic hydroxyl groups is 2. The minimum Gasteiger partial charge on any atom is -0.491 e. The van der Waals surface area contributed by atoms with E-state index >= 15 is 0 Å². The molecule has 1 aromatic heterocycles. The standard InChI is InChI=1S/C12H17N3O6/c1-19-6-3-2-4-14-11(6)21-12-8(13)9(15-18)10(17)7(5-16)20-12/h2-4,7-10,12,16-17H,5,13H2,1H3. The molecule has 1 aliphatic heterocycles. The molecular weight excluding hydrogens is 282 g/mol. The van der Waals surface area contributed by atoms with Crippen molar-refractivity contribution in [1.82, 2.24) is 4.98 Å². The minimum atomic E-state index is -1.30. The Labute approximate surface area is 120 Å². The first kappa shape index (κ1) is 15.6. The molecule has 2 rings (SSSR count). The van der Waals surface area contributed by atoms with Gasteiger partial charge in [-0.25, -0.2) is 4.98 Å². The molecule has 1 aromatic rings. The molecule has 0 saturated carbocycles. The van der Waals surface area contributed by atoms with Crippen molar-refractivity contribution in [2.45, 2.75) is 30.6 Å². The zero-order valence-electron chi connectivity index (χ0n) is 11.3.